The lowest BCUT2D eigenvalue weighted by atomic mass is 9.85. The number of hydrogen-bond donors (Lipinski definition) is 3. The van der Waals surface area contributed by atoms with Crippen LogP contribution in [0.1, 0.15) is 46.5 Å². The molecule has 20 heavy (non-hydrogen) atoms. The first-order chi connectivity index (χ1) is 9.40. The fourth-order valence-electron chi connectivity index (χ4n) is 2.73. The van der Waals surface area contributed by atoms with Crippen molar-refractivity contribution in [2.24, 2.45) is 17.8 Å². The highest BCUT2D eigenvalue weighted by Gasteiger charge is 2.24. The molecule has 1 amide bonds. The monoisotopic (exact) mass is 284 g/mol. The van der Waals surface area contributed by atoms with Gasteiger partial charge in [-0.3, -0.25) is 9.59 Å². The molecule has 0 aromatic rings. The van der Waals surface area contributed by atoms with Gasteiger partial charge < -0.3 is 15.7 Å². The van der Waals surface area contributed by atoms with Crippen LogP contribution in [0.4, 0.5) is 0 Å². The number of rotatable bonds is 7. The summed E-state index contributed by atoms with van der Waals surface area (Å²) in [6, 6.07) is -0.281. The lowest BCUT2D eigenvalue weighted by Gasteiger charge is -2.29. The summed E-state index contributed by atoms with van der Waals surface area (Å²) in [5.41, 5.74) is 0. The number of carbonyl (C=O) groups is 2. The van der Waals surface area contributed by atoms with Gasteiger partial charge in [0.1, 0.15) is 0 Å². The Kier molecular flexibility index (Phi) is 6.99. The number of carbonyl (C=O) groups excluding carboxylic acids is 1. The zero-order chi connectivity index (χ0) is 15.1. The van der Waals surface area contributed by atoms with Crippen molar-refractivity contribution in [3.8, 4) is 0 Å². The maximum atomic E-state index is 12.1. The third kappa shape index (κ3) is 5.90. The molecule has 1 saturated heterocycles. The van der Waals surface area contributed by atoms with E-state index in [-0.39, 0.29) is 24.3 Å². The van der Waals surface area contributed by atoms with Gasteiger partial charge in [-0.15, -0.1) is 0 Å². The molecule has 0 saturated carbocycles. The maximum absolute atomic E-state index is 12.1. The summed E-state index contributed by atoms with van der Waals surface area (Å²) < 4.78 is 0. The summed E-state index contributed by atoms with van der Waals surface area (Å²) in [6.45, 7) is 8.03. The van der Waals surface area contributed by atoms with Gasteiger partial charge in [0.05, 0.1) is 6.42 Å². The van der Waals surface area contributed by atoms with Gasteiger partial charge in [-0.05, 0) is 43.7 Å². The van der Waals surface area contributed by atoms with Crippen molar-refractivity contribution in [1.29, 1.82) is 0 Å². The van der Waals surface area contributed by atoms with E-state index in [4.69, 9.17) is 5.11 Å². The summed E-state index contributed by atoms with van der Waals surface area (Å²) in [5, 5.41) is 15.1. The van der Waals surface area contributed by atoms with E-state index in [1.807, 2.05) is 13.8 Å². The van der Waals surface area contributed by atoms with Crippen LogP contribution in [0.25, 0.3) is 0 Å². The standard InChI is InChI=1S/C15H28N2O3/c1-10(2)13(8-15(19)20)17-14(18)7-11(3)12-5-4-6-16-9-12/h10-13,16H,4-9H2,1-3H3,(H,17,18)(H,19,20). The van der Waals surface area contributed by atoms with Crippen LogP contribution >= 0.6 is 0 Å². The predicted octanol–water partition coefficient (Wildman–Crippen LogP) is 1.63. The Labute approximate surface area is 121 Å². The van der Waals surface area contributed by atoms with Crippen LogP contribution < -0.4 is 10.6 Å². The maximum Gasteiger partial charge on any atom is 0.305 e. The summed E-state index contributed by atoms with van der Waals surface area (Å²) in [5.74, 6) is 0.116. The Hall–Kier alpha value is -1.10. The van der Waals surface area contributed by atoms with Crippen LogP contribution in [0.2, 0.25) is 0 Å². The smallest absolute Gasteiger partial charge is 0.305 e. The van der Waals surface area contributed by atoms with Gasteiger partial charge in [-0.25, -0.2) is 0 Å². The van der Waals surface area contributed by atoms with Crippen molar-refractivity contribution in [3.63, 3.8) is 0 Å². The highest BCUT2D eigenvalue weighted by Crippen LogP contribution is 2.22. The van der Waals surface area contributed by atoms with Crippen molar-refractivity contribution in [1.82, 2.24) is 10.6 Å². The molecule has 3 N–H and O–H groups in total. The zero-order valence-corrected chi connectivity index (χ0v) is 12.8. The molecule has 1 fully saturated rings. The minimum atomic E-state index is -0.867. The quantitative estimate of drug-likeness (QED) is 0.664. The number of piperidine rings is 1. The molecule has 0 bridgehead atoms. The van der Waals surface area contributed by atoms with E-state index in [1.54, 1.807) is 0 Å². The molecule has 1 aliphatic rings. The normalized spacial score (nSPS) is 22.3. The average Bonchev–Trinajstić information content (AvgIpc) is 2.38. The topological polar surface area (TPSA) is 78.4 Å². The van der Waals surface area contributed by atoms with Gasteiger partial charge in [0.2, 0.25) is 5.91 Å². The van der Waals surface area contributed by atoms with Gasteiger partial charge in [0, 0.05) is 12.5 Å². The number of amides is 1. The van der Waals surface area contributed by atoms with Gasteiger partial charge in [0.15, 0.2) is 0 Å². The lowest BCUT2D eigenvalue weighted by Crippen LogP contribution is -2.42. The highest BCUT2D eigenvalue weighted by atomic mass is 16.4. The molecule has 1 heterocycles. The fraction of sp³-hybridized carbons (Fsp3) is 0.867. The summed E-state index contributed by atoms with van der Waals surface area (Å²) in [6.07, 6.45) is 2.81. The highest BCUT2D eigenvalue weighted by molar-refractivity contribution is 5.77. The van der Waals surface area contributed by atoms with Gasteiger partial charge >= 0.3 is 5.97 Å². The lowest BCUT2D eigenvalue weighted by molar-refractivity contribution is -0.138. The third-order valence-electron chi connectivity index (χ3n) is 4.19. The molecule has 116 valence electrons. The van der Waals surface area contributed by atoms with E-state index < -0.39 is 5.97 Å². The summed E-state index contributed by atoms with van der Waals surface area (Å²) in [4.78, 5) is 22.9. The molecule has 5 nitrogen and oxygen atoms in total. The second-order valence-electron chi connectivity index (χ2n) is 6.30. The summed E-state index contributed by atoms with van der Waals surface area (Å²) in [7, 11) is 0. The Morgan fingerprint density at radius 3 is 2.50 bits per heavy atom. The van der Waals surface area contributed by atoms with Gasteiger partial charge in [-0.1, -0.05) is 20.8 Å². The molecule has 1 aliphatic heterocycles. The molecular formula is C15H28N2O3. The molecule has 5 heteroatoms. The second-order valence-corrected chi connectivity index (χ2v) is 6.30. The van der Waals surface area contributed by atoms with Crippen molar-refractivity contribution >= 4 is 11.9 Å². The van der Waals surface area contributed by atoms with Gasteiger partial charge in [-0.2, -0.15) is 0 Å². The summed E-state index contributed by atoms with van der Waals surface area (Å²) >= 11 is 0. The molecule has 3 unspecified atom stereocenters. The molecule has 1 rings (SSSR count). The Bertz CT molecular complexity index is 325. The van der Waals surface area contributed by atoms with Crippen LogP contribution in [0.5, 0.6) is 0 Å². The van der Waals surface area contributed by atoms with Crippen LogP contribution in [0, 0.1) is 17.8 Å². The molecule has 0 aromatic carbocycles. The number of carboxylic acids is 1. The average molecular weight is 284 g/mol. The molecule has 0 aliphatic carbocycles. The van der Waals surface area contributed by atoms with E-state index in [1.165, 1.54) is 12.8 Å². The molecular weight excluding hydrogens is 256 g/mol. The number of hydrogen-bond acceptors (Lipinski definition) is 3. The largest absolute Gasteiger partial charge is 0.481 e. The zero-order valence-electron chi connectivity index (χ0n) is 12.8. The number of aliphatic carboxylic acids is 1. The SMILES string of the molecule is CC(C)C(CC(=O)O)NC(=O)CC(C)C1CCCNC1. The van der Waals surface area contributed by atoms with Crippen molar-refractivity contribution in [2.75, 3.05) is 13.1 Å². The van der Waals surface area contributed by atoms with E-state index in [9.17, 15) is 9.59 Å². The molecule has 0 aromatic heterocycles. The van der Waals surface area contributed by atoms with Crippen LogP contribution in [-0.2, 0) is 9.59 Å². The van der Waals surface area contributed by atoms with E-state index in [0.717, 1.165) is 13.1 Å². The molecule has 3 atom stereocenters. The Balaban J connectivity index is 2.41. The third-order valence-corrected chi connectivity index (χ3v) is 4.19. The van der Waals surface area contributed by atoms with Crippen molar-refractivity contribution < 1.29 is 14.7 Å². The van der Waals surface area contributed by atoms with Crippen molar-refractivity contribution in [3.05, 3.63) is 0 Å². The van der Waals surface area contributed by atoms with Gasteiger partial charge in [0.25, 0.3) is 0 Å². The first-order valence-electron chi connectivity index (χ1n) is 7.62. The Morgan fingerprint density at radius 1 is 1.30 bits per heavy atom. The van der Waals surface area contributed by atoms with Crippen molar-refractivity contribution in [2.45, 2.75) is 52.5 Å². The van der Waals surface area contributed by atoms with Crippen LogP contribution in [0.3, 0.4) is 0 Å². The van der Waals surface area contributed by atoms with E-state index in [0.29, 0.717) is 18.3 Å². The number of nitrogens with one attached hydrogen (secondary N) is 2. The van der Waals surface area contributed by atoms with Crippen LogP contribution in [-0.4, -0.2) is 36.1 Å². The fourth-order valence-corrected chi connectivity index (χ4v) is 2.73. The molecule has 0 radical (unpaired) electrons. The first kappa shape index (κ1) is 17.0. The predicted molar refractivity (Wildman–Crippen MR) is 78.4 cm³/mol. The van der Waals surface area contributed by atoms with Crippen LogP contribution in [0.15, 0.2) is 0 Å². The van der Waals surface area contributed by atoms with E-state index >= 15 is 0 Å². The molecule has 0 spiro atoms. The number of carboxylic acid groups (broad SMARTS) is 1. The minimum Gasteiger partial charge on any atom is -0.481 e. The first-order valence-corrected chi connectivity index (χ1v) is 7.62. The second kappa shape index (κ2) is 8.25. The Morgan fingerprint density at radius 2 is 2.00 bits per heavy atom. The van der Waals surface area contributed by atoms with E-state index in [2.05, 4.69) is 17.6 Å². The minimum absolute atomic E-state index is 0.0111.